The Hall–Kier alpha value is -3.74. The Morgan fingerprint density at radius 3 is 2.76 bits per heavy atom. The van der Waals surface area contributed by atoms with Crippen LogP contribution in [0.2, 0.25) is 0 Å². The van der Waals surface area contributed by atoms with Gasteiger partial charge < -0.3 is 8.83 Å². The van der Waals surface area contributed by atoms with Crippen LogP contribution in [-0.4, -0.2) is 21.1 Å². The predicted molar refractivity (Wildman–Crippen MR) is 89.6 cm³/mol. The number of rotatable bonds is 4. The molecular weight excluding hydrogens is 320 g/mol. The van der Waals surface area contributed by atoms with Gasteiger partial charge in [0.25, 0.3) is 11.8 Å². The first kappa shape index (κ1) is 14.8. The minimum atomic E-state index is -0.354. The van der Waals surface area contributed by atoms with E-state index in [1.165, 1.54) is 6.26 Å². The molecule has 0 bridgehead atoms. The Morgan fingerprint density at radius 2 is 1.96 bits per heavy atom. The molecule has 0 fully saturated rings. The Morgan fingerprint density at radius 1 is 1.00 bits per heavy atom. The van der Waals surface area contributed by atoms with Crippen LogP contribution in [0.3, 0.4) is 0 Å². The molecule has 1 amide bonds. The summed E-state index contributed by atoms with van der Waals surface area (Å²) >= 11 is 0. The van der Waals surface area contributed by atoms with Crippen molar-refractivity contribution in [3.63, 3.8) is 0 Å². The van der Waals surface area contributed by atoms with Crippen molar-refractivity contribution in [3.8, 4) is 22.9 Å². The number of amides is 1. The molecular formula is C18H12N4O3. The monoisotopic (exact) mass is 332 g/mol. The molecule has 4 rings (SSSR count). The van der Waals surface area contributed by atoms with Crippen molar-refractivity contribution in [2.45, 2.75) is 0 Å². The van der Waals surface area contributed by atoms with Crippen LogP contribution in [0.5, 0.6) is 0 Å². The van der Waals surface area contributed by atoms with Gasteiger partial charge in [-0.25, -0.2) is 0 Å². The fraction of sp³-hybridized carbons (Fsp3) is 0. The van der Waals surface area contributed by atoms with Crippen LogP contribution >= 0.6 is 0 Å². The van der Waals surface area contributed by atoms with Crippen LogP contribution in [-0.2, 0) is 0 Å². The molecule has 1 aromatic carbocycles. The summed E-state index contributed by atoms with van der Waals surface area (Å²) in [7, 11) is 0. The largest absolute Gasteiger partial charge is 0.459 e. The van der Waals surface area contributed by atoms with E-state index in [9.17, 15) is 4.79 Å². The first-order chi connectivity index (χ1) is 12.3. The lowest BCUT2D eigenvalue weighted by Crippen LogP contribution is -2.12. The van der Waals surface area contributed by atoms with E-state index in [0.29, 0.717) is 11.3 Å². The van der Waals surface area contributed by atoms with Gasteiger partial charge in [0.05, 0.1) is 12.0 Å². The molecule has 0 aliphatic rings. The fourth-order valence-electron chi connectivity index (χ4n) is 2.30. The summed E-state index contributed by atoms with van der Waals surface area (Å²) < 4.78 is 10.5. The van der Waals surface area contributed by atoms with Gasteiger partial charge >= 0.3 is 6.01 Å². The molecule has 0 atom stereocenters. The van der Waals surface area contributed by atoms with E-state index in [2.05, 4.69) is 20.5 Å². The molecule has 0 aliphatic carbocycles. The highest BCUT2D eigenvalue weighted by Crippen LogP contribution is 2.21. The van der Waals surface area contributed by atoms with E-state index < -0.39 is 0 Å². The summed E-state index contributed by atoms with van der Waals surface area (Å²) in [4.78, 5) is 16.7. The van der Waals surface area contributed by atoms with Gasteiger partial charge in [-0.05, 0) is 36.4 Å². The number of carbonyl (C=O) groups is 1. The normalized spacial score (nSPS) is 10.6. The lowest BCUT2D eigenvalue weighted by molar-refractivity contribution is 0.102. The Kier molecular flexibility index (Phi) is 3.80. The molecule has 0 spiro atoms. The summed E-state index contributed by atoms with van der Waals surface area (Å²) in [6.45, 7) is 0. The maximum absolute atomic E-state index is 12.4. The van der Waals surface area contributed by atoms with Gasteiger partial charge in [-0.1, -0.05) is 23.3 Å². The maximum Gasteiger partial charge on any atom is 0.322 e. The molecule has 0 aliphatic heterocycles. The Balaban J connectivity index is 1.54. The highest BCUT2D eigenvalue weighted by molar-refractivity contribution is 6.03. The van der Waals surface area contributed by atoms with Crippen molar-refractivity contribution in [2.24, 2.45) is 0 Å². The number of hydrogen-bond donors (Lipinski definition) is 1. The Labute approximate surface area is 142 Å². The molecule has 3 aromatic heterocycles. The third-order valence-electron chi connectivity index (χ3n) is 3.46. The number of pyridine rings is 1. The van der Waals surface area contributed by atoms with Crippen molar-refractivity contribution in [1.29, 1.82) is 0 Å². The molecule has 25 heavy (non-hydrogen) atoms. The summed E-state index contributed by atoms with van der Waals surface area (Å²) in [5.41, 5.74) is 2.09. The second kappa shape index (κ2) is 6.40. The van der Waals surface area contributed by atoms with Gasteiger partial charge in [0.1, 0.15) is 0 Å². The number of aromatic nitrogens is 3. The summed E-state index contributed by atoms with van der Waals surface area (Å²) in [5.74, 6) is 0.278. The van der Waals surface area contributed by atoms with E-state index in [1.807, 2.05) is 24.3 Å². The third-order valence-corrected chi connectivity index (χ3v) is 3.46. The molecule has 0 radical (unpaired) electrons. The molecule has 4 aromatic rings. The molecule has 3 heterocycles. The highest BCUT2D eigenvalue weighted by atomic mass is 16.4. The van der Waals surface area contributed by atoms with Crippen molar-refractivity contribution in [3.05, 3.63) is 72.6 Å². The molecule has 7 nitrogen and oxygen atoms in total. The lowest BCUT2D eigenvalue weighted by atomic mass is 10.1. The lowest BCUT2D eigenvalue weighted by Gasteiger charge is -2.04. The van der Waals surface area contributed by atoms with E-state index >= 15 is 0 Å². The van der Waals surface area contributed by atoms with Gasteiger partial charge in [0.2, 0.25) is 0 Å². The second-order valence-electron chi connectivity index (χ2n) is 5.14. The number of benzene rings is 1. The summed E-state index contributed by atoms with van der Waals surface area (Å²) in [6, 6.07) is 16.1. The number of carbonyl (C=O) groups excluding carboxylic acids is 1. The standard InChI is InChI=1S/C18H12N4O3/c23-16(20-18-22-21-17(25-18)15-8-4-10-24-15)13-6-3-5-12(11-13)14-7-1-2-9-19-14/h1-11H,(H,20,22,23). The predicted octanol–water partition coefficient (Wildman–Crippen LogP) is 3.64. The van der Waals surface area contributed by atoms with E-state index in [1.54, 1.807) is 36.5 Å². The van der Waals surface area contributed by atoms with E-state index in [0.717, 1.165) is 11.3 Å². The highest BCUT2D eigenvalue weighted by Gasteiger charge is 2.14. The molecule has 0 saturated carbocycles. The average molecular weight is 332 g/mol. The van der Waals surface area contributed by atoms with E-state index in [-0.39, 0.29) is 17.8 Å². The van der Waals surface area contributed by atoms with Crippen LogP contribution in [0.4, 0.5) is 6.01 Å². The number of nitrogens with one attached hydrogen (secondary N) is 1. The van der Waals surface area contributed by atoms with Crippen LogP contribution in [0.15, 0.2) is 75.9 Å². The quantitative estimate of drug-likeness (QED) is 0.613. The van der Waals surface area contributed by atoms with Crippen LogP contribution in [0.25, 0.3) is 22.9 Å². The van der Waals surface area contributed by atoms with Gasteiger partial charge in [-0.3, -0.25) is 15.1 Å². The molecule has 0 unspecified atom stereocenters. The minimum absolute atomic E-state index is 0.000334. The van der Waals surface area contributed by atoms with Crippen LogP contribution in [0.1, 0.15) is 10.4 Å². The van der Waals surface area contributed by atoms with Gasteiger partial charge in [0, 0.05) is 17.3 Å². The van der Waals surface area contributed by atoms with Gasteiger partial charge in [0.15, 0.2) is 5.76 Å². The van der Waals surface area contributed by atoms with Crippen LogP contribution in [0, 0.1) is 0 Å². The zero-order valence-corrected chi connectivity index (χ0v) is 12.9. The maximum atomic E-state index is 12.4. The summed E-state index contributed by atoms with van der Waals surface area (Å²) in [6.07, 6.45) is 3.21. The Bertz CT molecular complexity index is 994. The number of furan rings is 1. The number of hydrogen-bond acceptors (Lipinski definition) is 6. The molecule has 0 saturated heterocycles. The van der Waals surface area contributed by atoms with Gasteiger partial charge in [-0.15, -0.1) is 5.10 Å². The first-order valence-corrected chi connectivity index (χ1v) is 7.50. The van der Waals surface area contributed by atoms with Crippen molar-refractivity contribution in [2.75, 3.05) is 5.32 Å². The number of anilines is 1. The third kappa shape index (κ3) is 3.16. The molecule has 122 valence electrons. The van der Waals surface area contributed by atoms with Crippen molar-refractivity contribution in [1.82, 2.24) is 15.2 Å². The SMILES string of the molecule is O=C(Nc1nnc(-c2ccco2)o1)c1cccc(-c2ccccn2)c1. The van der Waals surface area contributed by atoms with Gasteiger partial charge in [-0.2, -0.15) is 0 Å². The average Bonchev–Trinajstić information content (AvgIpc) is 3.34. The smallest absolute Gasteiger partial charge is 0.322 e. The first-order valence-electron chi connectivity index (χ1n) is 7.50. The van der Waals surface area contributed by atoms with Crippen LogP contribution < -0.4 is 5.32 Å². The second-order valence-corrected chi connectivity index (χ2v) is 5.14. The minimum Gasteiger partial charge on any atom is -0.459 e. The fourth-order valence-corrected chi connectivity index (χ4v) is 2.30. The summed E-state index contributed by atoms with van der Waals surface area (Å²) in [5, 5.41) is 10.2. The van der Waals surface area contributed by atoms with E-state index in [4.69, 9.17) is 8.83 Å². The zero-order valence-electron chi connectivity index (χ0n) is 12.9. The van der Waals surface area contributed by atoms with Crippen molar-refractivity contribution >= 4 is 11.9 Å². The molecule has 7 heteroatoms. The van der Waals surface area contributed by atoms with Crippen molar-refractivity contribution < 1.29 is 13.6 Å². The molecule has 1 N–H and O–H groups in total. The number of nitrogens with zero attached hydrogens (tertiary/aromatic N) is 3. The zero-order chi connectivity index (χ0) is 17.1. The topological polar surface area (TPSA) is 94.1 Å².